The van der Waals surface area contributed by atoms with Crippen LogP contribution in [0.2, 0.25) is 0 Å². The van der Waals surface area contributed by atoms with Gasteiger partial charge in [0.1, 0.15) is 0 Å². The molecule has 2 heterocycles. The molecule has 0 bridgehead atoms. The third-order valence-electron chi connectivity index (χ3n) is 3.75. The van der Waals surface area contributed by atoms with Crippen molar-refractivity contribution in [1.29, 1.82) is 0 Å². The molecule has 0 spiro atoms. The average Bonchev–Trinajstić information content (AvgIpc) is 2.38. The van der Waals surface area contributed by atoms with E-state index in [4.69, 9.17) is 5.73 Å². The van der Waals surface area contributed by atoms with Gasteiger partial charge in [0.25, 0.3) is 5.91 Å². The Morgan fingerprint density at radius 1 is 1.61 bits per heavy atom. The molecule has 4 heteroatoms. The molecule has 1 aromatic rings. The molecular weight excluding hydrogens is 226 g/mol. The van der Waals surface area contributed by atoms with E-state index in [2.05, 4.69) is 11.9 Å². The zero-order chi connectivity index (χ0) is 13.1. The third-order valence-corrected chi connectivity index (χ3v) is 3.75. The van der Waals surface area contributed by atoms with Gasteiger partial charge in [0.05, 0.1) is 5.56 Å². The minimum atomic E-state index is 0.0722. The van der Waals surface area contributed by atoms with Crippen LogP contribution in [0.3, 0.4) is 0 Å². The van der Waals surface area contributed by atoms with Gasteiger partial charge in [0.15, 0.2) is 0 Å². The second-order valence-corrected chi connectivity index (χ2v) is 5.15. The van der Waals surface area contributed by atoms with Crippen LogP contribution in [0.1, 0.15) is 35.8 Å². The Morgan fingerprint density at radius 3 is 3.06 bits per heavy atom. The fourth-order valence-corrected chi connectivity index (χ4v) is 2.61. The van der Waals surface area contributed by atoms with Gasteiger partial charge in [-0.1, -0.05) is 6.92 Å². The Bertz CT molecular complexity index is 433. The van der Waals surface area contributed by atoms with Gasteiger partial charge >= 0.3 is 0 Å². The van der Waals surface area contributed by atoms with Crippen LogP contribution in [0.4, 0.5) is 0 Å². The lowest BCUT2D eigenvalue weighted by Crippen LogP contribution is -2.49. The maximum Gasteiger partial charge on any atom is 0.255 e. The van der Waals surface area contributed by atoms with Gasteiger partial charge in [0.2, 0.25) is 0 Å². The van der Waals surface area contributed by atoms with E-state index in [1.807, 2.05) is 24.0 Å². The third kappa shape index (κ3) is 2.53. The standard InChI is InChI=1S/C14H21N3O/c1-10-5-7-17(12(8-10)9-15)14(18)13-4-3-6-16-11(13)2/h3-4,6,10,12H,5,7-9,15H2,1-2H3. The van der Waals surface area contributed by atoms with Crippen molar-refractivity contribution in [1.82, 2.24) is 9.88 Å². The summed E-state index contributed by atoms with van der Waals surface area (Å²) >= 11 is 0. The van der Waals surface area contributed by atoms with E-state index in [9.17, 15) is 4.79 Å². The second-order valence-electron chi connectivity index (χ2n) is 5.15. The van der Waals surface area contributed by atoms with Crippen molar-refractivity contribution in [2.24, 2.45) is 11.7 Å². The van der Waals surface area contributed by atoms with Crippen LogP contribution in [0, 0.1) is 12.8 Å². The number of carbonyl (C=O) groups excluding carboxylic acids is 1. The number of likely N-dealkylation sites (tertiary alicyclic amines) is 1. The zero-order valence-corrected chi connectivity index (χ0v) is 11.1. The second kappa shape index (κ2) is 5.48. The molecule has 2 atom stereocenters. The zero-order valence-electron chi connectivity index (χ0n) is 11.1. The van der Waals surface area contributed by atoms with Crippen LogP contribution in [0.5, 0.6) is 0 Å². The van der Waals surface area contributed by atoms with Crippen molar-refractivity contribution >= 4 is 5.91 Å². The van der Waals surface area contributed by atoms with Gasteiger partial charge in [-0.3, -0.25) is 9.78 Å². The van der Waals surface area contributed by atoms with Crippen LogP contribution in [0.15, 0.2) is 18.3 Å². The summed E-state index contributed by atoms with van der Waals surface area (Å²) in [5.41, 5.74) is 7.29. The number of amides is 1. The molecule has 2 N–H and O–H groups in total. The molecular formula is C14H21N3O. The number of pyridine rings is 1. The summed E-state index contributed by atoms with van der Waals surface area (Å²) in [6.45, 7) is 5.43. The number of carbonyl (C=O) groups is 1. The normalized spacial score (nSPS) is 24.1. The molecule has 18 heavy (non-hydrogen) atoms. The number of aromatic nitrogens is 1. The molecule has 1 aliphatic heterocycles. The van der Waals surface area contributed by atoms with Crippen molar-refractivity contribution in [2.45, 2.75) is 32.7 Å². The summed E-state index contributed by atoms with van der Waals surface area (Å²) in [7, 11) is 0. The number of nitrogens with zero attached hydrogens (tertiary/aromatic N) is 2. The lowest BCUT2D eigenvalue weighted by molar-refractivity contribution is 0.0572. The lowest BCUT2D eigenvalue weighted by atomic mass is 9.92. The maximum atomic E-state index is 12.5. The van der Waals surface area contributed by atoms with Crippen LogP contribution < -0.4 is 5.73 Å². The number of hydrogen-bond donors (Lipinski definition) is 1. The van der Waals surface area contributed by atoms with Crippen molar-refractivity contribution < 1.29 is 4.79 Å². The van der Waals surface area contributed by atoms with E-state index in [0.29, 0.717) is 18.0 Å². The van der Waals surface area contributed by atoms with E-state index >= 15 is 0 Å². The molecule has 1 amide bonds. The highest BCUT2D eigenvalue weighted by molar-refractivity contribution is 5.95. The quantitative estimate of drug-likeness (QED) is 0.863. The smallest absolute Gasteiger partial charge is 0.255 e. The van der Waals surface area contributed by atoms with Crippen LogP contribution in [-0.2, 0) is 0 Å². The van der Waals surface area contributed by atoms with Gasteiger partial charge in [0, 0.05) is 31.0 Å². The van der Waals surface area contributed by atoms with Crippen molar-refractivity contribution in [3.05, 3.63) is 29.6 Å². The lowest BCUT2D eigenvalue weighted by Gasteiger charge is -2.38. The molecule has 0 aliphatic carbocycles. The SMILES string of the molecule is Cc1ncccc1C(=O)N1CCC(C)CC1CN. The molecule has 1 aliphatic rings. The summed E-state index contributed by atoms with van der Waals surface area (Å²) in [5, 5.41) is 0. The first-order valence-electron chi connectivity index (χ1n) is 6.56. The van der Waals surface area contributed by atoms with E-state index < -0.39 is 0 Å². The first-order valence-corrected chi connectivity index (χ1v) is 6.56. The van der Waals surface area contributed by atoms with Crippen molar-refractivity contribution in [3.8, 4) is 0 Å². The molecule has 4 nitrogen and oxygen atoms in total. The van der Waals surface area contributed by atoms with Crippen LogP contribution in [0.25, 0.3) is 0 Å². The molecule has 1 fully saturated rings. The van der Waals surface area contributed by atoms with Gasteiger partial charge in [-0.2, -0.15) is 0 Å². The first-order chi connectivity index (χ1) is 8.63. The summed E-state index contributed by atoms with van der Waals surface area (Å²) < 4.78 is 0. The molecule has 0 radical (unpaired) electrons. The molecule has 2 rings (SSSR count). The maximum absolute atomic E-state index is 12.5. The van der Waals surface area contributed by atoms with Crippen molar-refractivity contribution in [3.63, 3.8) is 0 Å². The molecule has 1 saturated heterocycles. The van der Waals surface area contributed by atoms with E-state index in [0.717, 1.165) is 25.1 Å². The minimum absolute atomic E-state index is 0.0722. The number of hydrogen-bond acceptors (Lipinski definition) is 3. The minimum Gasteiger partial charge on any atom is -0.334 e. The molecule has 1 aromatic heterocycles. The number of nitrogens with two attached hydrogens (primary N) is 1. The number of rotatable bonds is 2. The predicted octanol–water partition coefficient (Wildman–Crippen LogP) is 1.59. The van der Waals surface area contributed by atoms with Gasteiger partial charge in [-0.05, 0) is 37.8 Å². The molecule has 0 saturated carbocycles. The largest absolute Gasteiger partial charge is 0.334 e. The fourth-order valence-electron chi connectivity index (χ4n) is 2.61. The number of aryl methyl sites for hydroxylation is 1. The van der Waals surface area contributed by atoms with E-state index in [1.165, 1.54) is 0 Å². The van der Waals surface area contributed by atoms with Gasteiger partial charge < -0.3 is 10.6 Å². The summed E-state index contributed by atoms with van der Waals surface area (Å²) in [5.74, 6) is 0.723. The highest BCUT2D eigenvalue weighted by Gasteiger charge is 2.30. The summed E-state index contributed by atoms with van der Waals surface area (Å²) in [6, 6.07) is 3.82. The fraction of sp³-hybridized carbons (Fsp3) is 0.571. The Labute approximate surface area is 108 Å². The highest BCUT2D eigenvalue weighted by atomic mass is 16.2. The Balaban J connectivity index is 2.20. The Kier molecular flexibility index (Phi) is 3.97. The Hall–Kier alpha value is -1.42. The van der Waals surface area contributed by atoms with E-state index in [1.54, 1.807) is 6.20 Å². The molecule has 2 unspecified atom stereocenters. The molecule has 98 valence electrons. The van der Waals surface area contributed by atoms with Crippen LogP contribution >= 0.6 is 0 Å². The topological polar surface area (TPSA) is 59.2 Å². The van der Waals surface area contributed by atoms with E-state index in [-0.39, 0.29) is 11.9 Å². The molecule has 0 aromatic carbocycles. The first kappa shape index (κ1) is 13.0. The highest BCUT2D eigenvalue weighted by Crippen LogP contribution is 2.24. The summed E-state index contributed by atoms with van der Waals surface area (Å²) in [4.78, 5) is 18.6. The average molecular weight is 247 g/mol. The monoisotopic (exact) mass is 247 g/mol. The van der Waals surface area contributed by atoms with Crippen LogP contribution in [-0.4, -0.2) is 34.9 Å². The van der Waals surface area contributed by atoms with Gasteiger partial charge in [-0.15, -0.1) is 0 Å². The summed E-state index contributed by atoms with van der Waals surface area (Å²) in [6.07, 6.45) is 3.77. The number of piperidine rings is 1. The van der Waals surface area contributed by atoms with Crippen molar-refractivity contribution in [2.75, 3.05) is 13.1 Å². The van der Waals surface area contributed by atoms with Gasteiger partial charge in [-0.25, -0.2) is 0 Å². The Morgan fingerprint density at radius 2 is 2.39 bits per heavy atom. The predicted molar refractivity (Wildman–Crippen MR) is 71.3 cm³/mol.